The first kappa shape index (κ1) is 26.7. The summed E-state index contributed by atoms with van der Waals surface area (Å²) >= 11 is 0. The van der Waals surface area contributed by atoms with E-state index < -0.39 is 5.60 Å². The molecule has 0 bridgehead atoms. The third kappa shape index (κ3) is 5.57. The molecule has 1 aromatic carbocycles. The van der Waals surface area contributed by atoms with Crippen molar-refractivity contribution in [2.45, 2.75) is 65.7 Å². The zero-order valence-electron chi connectivity index (χ0n) is 24.0. The van der Waals surface area contributed by atoms with Crippen LogP contribution in [0.4, 0.5) is 4.79 Å². The largest absolute Gasteiger partial charge is 0.471 e. The molecule has 4 aromatic heterocycles. The van der Waals surface area contributed by atoms with Gasteiger partial charge in [-0.2, -0.15) is 15.2 Å². The number of aromatic nitrogens is 7. The molecule has 1 saturated heterocycles. The quantitative estimate of drug-likeness (QED) is 0.288. The van der Waals surface area contributed by atoms with Crippen molar-refractivity contribution < 1.29 is 14.3 Å². The van der Waals surface area contributed by atoms with Gasteiger partial charge in [-0.05, 0) is 64.7 Å². The van der Waals surface area contributed by atoms with E-state index in [1.165, 1.54) is 0 Å². The molecule has 5 aromatic rings. The Kier molecular flexibility index (Phi) is 6.80. The van der Waals surface area contributed by atoms with Crippen LogP contribution in [0, 0.1) is 13.8 Å². The van der Waals surface area contributed by atoms with Gasteiger partial charge in [-0.25, -0.2) is 19.3 Å². The first-order valence-corrected chi connectivity index (χ1v) is 13.9. The number of carbonyl (C=O) groups excluding carboxylic acids is 1. The van der Waals surface area contributed by atoms with Gasteiger partial charge in [-0.1, -0.05) is 30.3 Å². The summed E-state index contributed by atoms with van der Waals surface area (Å²) in [6.07, 6.45) is 4.82. The number of likely N-dealkylation sites (tertiary alicyclic amines) is 1. The van der Waals surface area contributed by atoms with Crippen molar-refractivity contribution in [2.24, 2.45) is 0 Å². The summed E-state index contributed by atoms with van der Waals surface area (Å²) in [5, 5.41) is 9.47. The van der Waals surface area contributed by atoms with Crippen LogP contribution in [-0.4, -0.2) is 64.0 Å². The van der Waals surface area contributed by atoms with E-state index in [-0.39, 0.29) is 12.1 Å². The fourth-order valence-electron chi connectivity index (χ4n) is 5.12. The molecule has 6 rings (SSSR count). The van der Waals surface area contributed by atoms with Crippen molar-refractivity contribution in [3.63, 3.8) is 0 Å². The van der Waals surface area contributed by atoms with E-state index in [0.717, 1.165) is 40.8 Å². The third-order valence-corrected chi connectivity index (χ3v) is 7.05. The lowest BCUT2D eigenvalue weighted by molar-refractivity contribution is 0.0186. The Morgan fingerprint density at radius 2 is 1.80 bits per heavy atom. The van der Waals surface area contributed by atoms with Gasteiger partial charge in [-0.15, -0.1) is 0 Å². The molecule has 0 spiro atoms. The number of nitrogens with zero attached hydrogens (tertiary/aromatic N) is 8. The average molecular weight is 555 g/mol. The van der Waals surface area contributed by atoms with Crippen LogP contribution < -0.4 is 4.74 Å². The van der Waals surface area contributed by atoms with Crippen LogP contribution in [0.1, 0.15) is 56.5 Å². The lowest BCUT2D eigenvalue weighted by Gasteiger charge is -2.33. The molecule has 1 aliphatic rings. The maximum absolute atomic E-state index is 12.6. The van der Waals surface area contributed by atoms with Gasteiger partial charge in [0.2, 0.25) is 5.88 Å². The smallest absolute Gasteiger partial charge is 0.410 e. The molecule has 212 valence electrons. The van der Waals surface area contributed by atoms with Crippen LogP contribution in [0.15, 0.2) is 48.8 Å². The summed E-state index contributed by atoms with van der Waals surface area (Å²) in [7, 11) is 0. The fraction of sp³-hybridized carbons (Fsp3) is 0.400. The second kappa shape index (κ2) is 10.5. The highest BCUT2D eigenvalue weighted by molar-refractivity contribution is 5.81. The SMILES string of the molecule is Cc1cn2nc(-c3nc(OCc4ccccc4)c4c(cnn4C4CCN(C(=O)OC(C)(C)C)CC4)n3)cc(C)c2n1. The summed E-state index contributed by atoms with van der Waals surface area (Å²) in [4.78, 5) is 28.7. The van der Waals surface area contributed by atoms with Gasteiger partial charge >= 0.3 is 6.09 Å². The van der Waals surface area contributed by atoms with Crippen LogP contribution in [-0.2, 0) is 11.3 Å². The highest BCUT2D eigenvalue weighted by Gasteiger charge is 2.30. The van der Waals surface area contributed by atoms with E-state index in [2.05, 4.69) is 4.98 Å². The monoisotopic (exact) mass is 554 g/mol. The Hall–Kier alpha value is -4.54. The Morgan fingerprint density at radius 3 is 2.54 bits per heavy atom. The average Bonchev–Trinajstić information content (AvgIpc) is 3.55. The molecular formula is C30H34N8O3. The van der Waals surface area contributed by atoms with Gasteiger partial charge in [-0.3, -0.25) is 4.68 Å². The van der Waals surface area contributed by atoms with E-state index >= 15 is 0 Å². The number of fused-ring (bicyclic) bond motifs is 2. The molecule has 1 aliphatic heterocycles. The van der Waals surface area contributed by atoms with Gasteiger partial charge < -0.3 is 14.4 Å². The Balaban J connectivity index is 1.34. The minimum absolute atomic E-state index is 0.0605. The van der Waals surface area contributed by atoms with Crippen molar-refractivity contribution in [3.05, 3.63) is 65.6 Å². The topological polar surface area (TPSA) is 113 Å². The molecule has 0 N–H and O–H groups in total. The lowest BCUT2D eigenvalue weighted by atomic mass is 10.1. The molecule has 11 heteroatoms. The second-order valence-electron chi connectivity index (χ2n) is 11.5. The number of imidazole rings is 1. The van der Waals surface area contributed by atoms with Crippen LogP contribution in [0.2, 0.25) is 0 Å². The maximum Gasteiger partial charge on any atom is 0.410 e. The molecule has 0 saturated carbocycles. The summed E-state index contributed by atoms with van der Waals surface area (Å²) in [5.41, 5.74) is 5.20. The van der Waals surface area contributed by atoms with Crippen LogP contribution >= 0.6 is 0 Å². The van der Waals surface area contributed by atoms with Gasteiger partial charge in [0.1, 0.15) is 28.9 Å². The molecule has 1 amide bonds. The van der Waals surface area contributed by atoms with E-state index in [9.17, 15) is 4.79 Å². The summed E-state index contributed by atoms with van der Waals surface area (Å²) in [6, 6.07) is 12.0. The fourth-order valence-corrected chi connectivity index (χ4v) is 5.12. The van der Waals surface area contributed by atoms with Gasteiger partial charge in [0.05, 0.1) is 24.1 Å². The molecule has 1 fully saturated rings. The molecule has 0 atom stereocenters. The third-order valence-electron chi connectivity index (χ3n) is 7.05. The normalized spacial score (nSPS) is 14.6. The predicted molar refractivity (Wildman–Crippen MR) is 154 cm³/mol. The molecule has 11 nitrogen and oxygen atoms in total. The minimum Gasteiger partial charge on any atom is -0.471 e. The molecule has 0 aliphatic carbocycles. The maximum atomic E-state index is 12.6. The van der Waals surface area contributed by atoms with Gasteiger partial charge in [0.25, 0.3) is 0 Å². The Labute approximate surface area is 238 Å². The standard InChI is InChI=1S/C30H34N8O3/c1-19-15-23(35-37-17-20(2)32-27(19)37)26-33-24-16-31-38(22-11-13-36(14-12-22)29(39)41-30(3,4)5)25(24)28(34-26)40-18-21-9-7-6-8-10-21/h6-10,15-17,22H,11-14,18H2,1-5H3. The number of ether oxygens (including phenoxy) is 2. The van der Waals surface area contributed by atoms with E-state index in [1.807, 2.05) is 81.9 Å². The zero-order chi connectivity index (χ0) is 28.7. The molecule has 0 radical (unpaired) electrons. The molecule has 5 heterocycles. The lowest BCUT2D eigenvalue weighted by Crippen LogP contribution is -2.42. The van der Waals surface area contributed by atoms with Crippen molar-refractivity contribution in [1.29, 1.82) is 0 Å². The number of benzene rings is 1. The van der Waals surface area contributed by atoms with Crippen molar-refractivity contribution >= 4 is 22.8 Å². The van der Waals surface area contributed by atoms with Crippen molar-refractivity contribution in [1.82, 2.24) is 39.2 Å². The van der Waals surface area contributed by atoms with Crippen molar-refractivity contribution in [3.8, 4) is 17.4 Å². The zero-order valence-corrected chi connectivity index (χ0v) is 24.0. The van der Waals surface area contributed by atoms with Gasteiger partial charge in [0, 0.05) is 13.1 Å². The Morgan fingerprint density at radius 1 is 1.05 bits per heavy atom. The van der Waals surface area contributed by atoms with Crippen molar-refractivity contribution in [2.75, 3.05) is 13.1 Å². The highest BCUT2D eigenvalue weighted by atomic mass is 16.6. The molecule has 41 heavy (non-hydrogen) atoms. The van der Waals surface area contributed by atoms with Crippen LogP contribution in [0.3, 0.4) is 0 Å². The van der Waals surface area contributed by atoms with Crippen LogP contribution in [0.5, 0.6) is 5.88 Å². The number of carbonyl (C=O) groups is 1. The van der Waals surface area contributed by atoms with E-state index in [0.29, 0.717) is 42.6 Å². The summed E-state index contributed by atoms with van der Waals surface area (Å²) < 4.78 is 15.6. The Bertz CT molecular complexity index is 1710. The first-order chi connectivity index (χ1) is 19.6. The number of piperidine rings is 1. The molecule has 0 unspecified atom stereocenters. The number of aryl methyl sites for hydroxylation is 2. The summed E-state index contributed by atoms with van der Waals surface area (Å²) in [6.45, 7) is 11.1. The number of amides is 1. The van der Waals surface area contributed by atoms with E-state index in [1.54, 1.807) is 15.6 Å². The minimum atomic E-state index is -0.527. The number of rotatable bonds is 5. The van der Waals surface area contributed by atoms with Gasteiger partial charge in [0.15, 0.2) is 11.5 Å². The molecular weight excluding hydrogens is 520 g/mol. The summed E-state index contributed by atoms with van der Waals surface area (Å²) in [5.74, 6) is 0.901. The highest BCUT2D eigenvalue weighted by Crippen LogP contribution is 2.32. The number of hydrogen-bond acceptors (Lipinski definition) is 8. The van der Waals surface area contributed by atoms with Crippen LogP contribution in [0.25, 0.3) is 28.2 Å². The first-order valence-electron chi connectivity index (χ1n) is 13.9. The second-order valence-corrected chi connectivity index (χ2v) is 11.5. The predicted octanol–water partition coefficient (Wildman–Crippen LogP) is 5.30. The van der Waals surface area contributed by atoms with E-state index in [4.69, 9.17) is 29.6 Å². The number of hydrogen-bond donors (Lipinski definition) is 0.